The number of nitrogens with zero attached hydrogens (tertiary/aromatic N) is 1. The van der Waals surface area contributed by atoms with Crippen molar-refractivity contribution in [3.63, 3.8) is 0 Å². The first-order chi connectivity index (χ1) is 9.18. The predicted octanol–water partition coefficient (Wildman–Crippen LogP) is 4.06. The van der Waals surface area contributed by atoms with Crippen molar-refractivity contribution in [3.8, 4) is 0 Å². The van der Waals surface area contributed by atoms with Gasteiger partial charge in [-0.05, 0) is 30.5 Å². The maximum atomic E-state index is 5.97. The van der Waals surface area contributed by atoms with Gasteiger partial charge in [-0.2, -0.15) is 0 Å². The average Bonchev–Trinajstić information content (AvgIpc) is 2.41. The van der Waals surface area contributed by atoms with E-state index in [0.29, 0.717) is 0 Å². The van der Waals surface area contributed by atoms with Gasteiger partial charge in [-0.15, -0.1) is 0 Å². The molecule has 0 radical (unpaired) electrons. The summed E-state index contributed by atoms with van der Waals surface area (Å²) < 4.78 is 0. The van der Waals surface area contributed by atoms with Gasteiger partial charge in [0, 0.05) is 41.1 Å². The summed E-state index contributed by atoms with van der Waals surface area (Å²) in [6, 6.07) is 6.02. The minimum absolute atomic E-state index is 0.786. The summed E-state index contributed by atoms with van der Waals surface area (Å²) in [7, 11) is 0. The maximum Gasteiger partial charge on any atom is 0.0422 e. The van der Waals surface area contributed by atoms with E-state index in [-0.39, 0.29) is 0 Å². The van der Waals surface area contributed by atoms with E-state index in [2.05, 4.69) is 30.2 Å². The zero-order chi connectivity index (χ0) is 13.7. The maximum absolute atomic E-state index is 5.97. The number of nitrogens with two attached hydrogens (primary N) is 1. The predicted molar refractivity (Wildman–Crippen MR) is 83.3 cm³/mol. The number of hydrogen-bond donors (Lipinski definition) is 2. The molecule has 1 aromatic carbocycles. The molecule has 0 saturated heterocycles. The third-order valence-electron chi connectivity index (χ3n) is 3.38. The highest BCUT2D eigenvalue weighted by Gasteiger charge is 2.03. The van der Waals surface area contributed by atoms with E-state index < -0.39 is 0 Å². The monoisotopic (exact) mass is 257 g/mol. The lowest BCUT2D eigenvalue weighted by Crippen LogP contribution is -2.03. The van der Waals surface area contributed by atoms with Gasteiger partial charge in [0.15, 0.2) is 0 Å². The largest absolute Gasteiger partial charge is 0.398 e. The molecule has 2 aromatic rings. The van der Waals surface area contributed by atoms with E-state index >= 15 is 0 Å². The van der Waals surface area contributed by atoms with Crippen LogP contribution >= 0.6 is 0 Å². The van der Waals surface area contributed by atoms with Crippen molar-refractivity contribution in [3.05, 3.63) is 30.6 Å². The van der Waals surface area contributed by atoms with Crippen molar-refractivity contribution in [1.29, 1.82) is 0 Å². The molecule has 0 spiro atoms. The normalized spacial score (nSPS) is 11.1. The molecule has 102 valence electrons. The van der Waals surface area contributed by atoms with E-state index in [4.69, 9.17) is 5.73 Å². The Balaban J connectivity index is 1.99. The fraction of sp³-hybridized carbons (Fsp3) is 0.438. The van der Waals surface area contributed by atoms with E-state index in [1.54, 1.807) is 0 Å². The number of nitrogens with one attached hydrogen (secondary N) is 1. The number of unbranched alkanes of at least 4 members (excludes halogenated alkanes) is 1. The van der Waals surface area contributed by atoms with Crippen molar-refractivity contribution in [2.24, 2.45) is 5.92 Å². The molecule has 0 aliphatic heterocycles. The number of nitrogen functional groups attached to an aromatic ring is 1. The van der Waals surface area contributed by atoms with Crippen LogP contribution in [0.2, 0.25) is 0 Å². The molecule has 1 heterocycles. The summed E-state index contributed by atoms with van der Waals surface area (Å²) in [6.07, 6.45) is 7.42. The van der Waals surface area contributed by atoms with Crippen LogP contribution in [0, 0.1) is 5.92 Å². The molecule has 2 rings (SSSR count). The van der Waals surface area contributed by atoms with Crippen molar-refractivity contribution in [2.75, 3.05) is 17.6 Å². The number of hydrogen-bond acceptors (Lipinski definition) is 3. The molecule has 0 unspecified atom stereocenters. The minimum Gasteiger partial charge on any atom is -0.398 e. The molecule has 3 heteroatoms. The number of pyridine rings is 1. The summed E-state index contributed by atoms with van der Waals surface area (Å²) in [6.45, 7) is 5.55. The van der Waals surface area contributed by atoms with Gasteiger partial charge in [0.25, 0.3) is 0 Å². The van der Waals surface area contributed by atoms with Crippen LogP contribution in [0.3, 0.4) is 0 Å². The van der Waals surface area contributed by atoms with Crippen LogP contribution in [0.4, 0.5) is 11.4 Å². The number of anilines is 2. The van der Waals surface area contributed by atoms with Gasteiger partial charge in [0.2, 0.25) is 0 Å². The van der Waals surface area contributed by atoms with Crippen LogP contribution in [0.25, 0.3) is 10.8 Å². The summed E-state index contributed by atoms with van der Waals surface area (Å²) in [5, 5.41) is 5.68. The molecule has 3 N–H and O–H groups in total. The van der Waals surface area contributed by atoms with E-state index in [9.17, 15) is 0 Å². The number of rotatable bonds is 6. The Morgan fingerprint density at radius 3 is 2.79 bits per heavy atom. The lowest BCUT2D eigenvalue weighted by atomic mass is 10.1. The summed E-state index contributed by atoms with van der Waals surface area (Å²) in [5.41, 5.74) is 7.90. The molecule has 19 heavy (non-hydrogen) atoms. The molecule has 3 nitrogen and oxygen atoms in total. The SMILES string of the molecule is CC(C)CCCCNc1ccc(N)c2cnccc12. The summed E-state index contributed by atoms with van der Waals surface area (Å²) in [4.78, 5) is 4.14. The van der Waals surface area contributed by atoms with Crippen LogP contribution in [0.1, 0.15) is 33.1 Å². The first-order valence-corrected chi connectivity index (χ1v) is 7.04. The quantitative estimate of drug-likeness (QED) is 0.606. The third-order valence-corrected chi connectivity index (χ3v) is 3.38. The first-order valence-electron chi connectivity index (χ1n) is 7.04. The van der Waals surface area contributed by atoms with Crippen LogP contribution in [-0.4, -0.2) is 11.5 Å². The van der Waals surface area contributed by atoms with Crippen LogP contribution in [-0.2, 0) is 0 Å². The molecule has 0 fully saturated rings. The molecular weight excluding hydrogens is 234 g/mol. The summed E-state index contributed by atoms with van der Waals surface area (Å²) in [5.74, 6) is 0.795. The molecule has 0 atom stereocenters. The average molecular weight is 257 g/mol. The second-order valence-corrected chi connectivity index (χ2v) is 5.44. The number of aromatic nitrogens is 1. The Morgan fingerprint density at radius 2 is 2.00 bits per heavy atom. The molecule has 0 aliphatic rings. The molecule has 0 bridgehead atoms. The Morgan fingerprint density at radius 1 is 1.16 bits per heavy atom. The van der Waals surface area contributed by atoms with Gasteiger partial charge >= 0.3 is 0 Å². The highest BCUT2D eigenvalue weighted by Crippen LogP contribution is 2.27. The minimum atomic E-state index is 0.786. The molecule has 1 aromatic heterocycles. The highest BCUT2D eigenvalue weighted by molar-refractivity contribution is 6.00. The fourth-order valence-corrected chi connectivity index (χ4v) is 2.27. The van der Waals surface area contributed by atoms with E-state index in [1.807, 2.05) is 24.5 Å². The van der Waals surface area contributed by atoms with Crippen molar-refractivity contribution in [1.82, 2.24) is 4.98 Å². The lowest BCUT2D eigenvalue weighted by Gasteiger charge is -2.11. The van der Waals surface area contributed by atoms with Crippen molar-refractivity contribution >= 4 is 22.1 Å². The van der Waals surface area contributed by atoms with Gasteiger partial charge in [0.1, 0.15) is 0 Å². The number of fused-ring (bicyclic) bond motifs is 1. The van der Waals surface area contributed by atoms with Crippen LogP contribution < -0.4 is 11.1 Å². The smallest absolute Gasteiger partial charge is 0.0422 e. The highest BCUT2D eigenvalue weighted by atomic mass is 14.9. The third kappa shape index (κ3) is 3.60. The van der Waals surface area contributed by atoms with Crippen molar-refractivity contribution in [2.45, 2.75) is 33.1 Å². The van der Waals surface area contributed by atoms with Gasteiger partial charge in [-0.25, -0.2) is 0 Å². The van der Waals surface area contributed by atoms with Crippen LogP contribution in [0.15, 0.2) is 30.6 Å². The zero-order valence-electron chi connectivity index (χ0n) is 11.8. The number of benzene rings is 1. The standard InChI is InChI=1S/C16H23N3/c1-12(2)5-3-4-9-19-16-7-6-15(17)14-11-18-10-8-13(14)16/h6-8,10-12,19H,3-5,9,17H2,1-2H3. The Labute approximate surface area is 115 Å². The van der Waals surface area contributed by atoms with Gasteiger partial charge in [-0.1, -0.05) is 26.7 Å². The van der Waals surface area contributed by atoms with E-state index in [0.717, 1.165) is 34.6 Å². The Bertz CT molecular complexity index is 535. The Kier molecular flexibility index (Phi) is 4.61. The summed E-state index contributed by atoms with van der Waals surface area (Å²) >= 11 is 0. The van der Waals surface area contributed by atoms with Gasteiger partial charge in [0.05, 0.1) is 0 Å². The molecule has 0 aliphatic carbocycles. The van der Waals surface area contributed by atoms with Crippen molar-refractivity contribution < 1.29 is 0 Å². The fourth-order valence-electron chi connectivity index (χ4n) is 2.27. The molecule has 0 amide bonds. The molecular formula is C16H23N3. The second kappa shape index (κ2) is 6.41. The second-order valence-electron chi connectivity index (χ2n) is 5.44. The van der Waals surface area contributed by atoms with Crippen LogP contribution in [0.5, 0.6) is 0 Å². The lowest BCUT2D eigenvalue weighted by molar-refractivity contribution is 0.545. The molecule has 0 saturated carbocycles. The van der Waals surface area contributed by atoms with Gasteiger partial charge < -0.3 is 11.1 Å². The van der Waals surface area contributed by atoms with Gasteiger partial charge in [-0.3, -0.25) is 4.98 Å². The topological polar surface area (TPSA) is 50.9 Å². The van der Waals surface area contributed by atoms with E-state index in [1.165, 1.54) is 19.3 Å². The zero-order valence-corrected chi connectivity index (χ0v) is 11.8. The Hall–Kier alpha value is -1.77. The first kappa shape index (κ1) is 13.7.